The molecule has 0 N–H and O–H groups in total. The van der Waals surface area contributed by atoms with Crippen molar-refractivity contribution >= 4 is 15.9 Å². The zero-order valence-corrected chi connectivity index (χ0v) is 10.9. The van der Waals surface area contributed by atoms with E-state index in [1.807, 2.05) is 0 Å². The molecule has 2 atom stereocenters. The van der Waals surface area contributed by atoms with Crippen molar-refractivity contribution in [2.45, 2.75) is 39.0 Å². The van der Waals surface area contributed by atoms with E-state index in [9.17, 15) is 0 Å². The minimum atomic E-state index is 0.318. The molecule has 1 heteroatoms. The Bertz CT molecular complexity index is 365. The molecule has 76 valence electrons. The first-order valence-electron chi connectivity index (χ1n) is 5.25. The largest absolute Gasteiger partial charge is 0.0611 e. The van der Waals surface area contributed by atoms with E-state index < -0.39 is 0 Å². The lowest BCUT2D eigenvalue weighted by molar-refractivity contribution is 0.342. The van der Waals surface area contributed by atoms with Crippen LogP contribution in [0.3, 0.4) is 0 Å². The lowest BCUT2D eigenvalue weighted by atomic mass is 9.78. The molecule has 1 aliphatic carbocycles. The second kappa shape index (κ2) is 3.10. The number of fused-ring (bicyclic) bond motifs is 1. The summed E-state index contributed by atoms with van der Waals surface area (Å²) in [6, 6.07) is 6.58. The third-order valence-electron chi connectivity index (χ3n) is 4.09. The van der Waals surface area contributed by atoms with Crippen LogP contribution in [0.4, 0.5) is 0 Å². The van der Waals surface area contributed by atoms with Gasteiger partial charge in [-0.1, -0.05) is 55.8 Å². The summed E-state index contributed by atoms with van der Waals surface area (Å²) in [4.78, 5) is 0. The maximum absolute atomic E-state index is 3.67. The van der Waals surface area contributed by atoms with Crippen molar-refractivity contribution in [1.29, 1.82) is 0 Å². The minimum absolute atomic E-state index is 0.318. The smallest absolute Gasteiger partial charge is 0.0213 e. The Balaban J connectivity index is 2.68. The molecular formula is C13H17Br. The number of benzene rings is 1. The molecule has 0 aromatic heterocycles. The van der Waals surface area contributed by atoms with Gasteiger partial charge in [0.2, 0.25) is 0 Å². The highest BCUT2D eigenvalue weighted by Gasteiger charge is 2.42. The molecule has 0 unspecified atom stereocenters. The maximum Gasteiger partial charge on any atom is 0.0213 e. The fraction of sp³-hybridized carbons (Fsp3) is 0.538. The average molecular weight is 253 g/mol. The summed E-state index contributed by atoms with van der Waals surface area (Å²) in [5.74, 6) is 1.38. The molecule has 0 bridgehead atoms. The molecular weight excluding hydrogens is 236 g/mol. The van der Waals surface area contributed by atoms with E-state index in [0.717, 1.165) is 5.92 Å². The lowest BCUT2D eigenvalue weighted by Gasteiger charge is -2.26. The van der Waals surface area contributed by atoms with E-state index in [-0.39, 0.29) is 0 Å². The molecule has 0 aliphatic heterocycles. The van der Waals surface area contributed by atoms with Crippen LogP contribution in [0.25, 0.3) is 0 Å². The van der Waals surface area contributed by atoms with Gasteiger partial charge in [0.05, 0.1) is 0 Å². The second-order valence-corrected chi connectivity index (χ2v) is 5.85. The van der Waals surface area contributed by atoms with Gasteiger partial charge in [0, 0.05) is 4.47 Å². The lowest BCUT2D eigenvalue weighted by Crippen LogP contribution is -2.22. The fourth-order valence-corrected chi connectivity index (χ4v) is 3.41. The average Bonchev–Trinajstić information content (AvgIpc) is 2.30. The molecule has 2 rings (SSSR count). The molecule has 0 fully saturated rings. The van der Waals surface area contributed by atoms with Gasteiger partial charge in [0.1, 0.15) is 0 Å². The minimum Gasteiger partial charge on any atom is -0.0611 e. The van der Waals surface area contributed by atoms with Crippen molar-refractivity contribution in [3.63, 3.8) is 0 Å². The molecule has 1 aliphatic rings. The Morgan fingerprint density at radius 2 is 1.86 bits per heavy atom. The highest BCUT2D eigenvalue weighted by Crippen LogP contribution is 2.51. The highest BCUT2D eigenvalue weighted by atomic mass is 79.9. The summed E-state index contributed by atoms with van der Waals surface area (Å²) in [6.07, 6.45) is 0. The third kappa shape index (κ3) is 1.18. The van der Waals surface area contributed by atoms with Crippen LogP contribution in [0.15, 0.2) is 22.7 Å². The number of hydrogen-bond donors (Lipinski definition) is 0. The quantitative estimate of drug-likeness (QED) is 0.639. The van der Waals surface area contributed by atoms with Crippen LogP contribution in [0.5, 0.6) is 0 Å². The number of rotatable bonds is 0. The Labute approximate surface area is 94.8 Å². The number of halogens is 1. The summed E-state index contributed by atoms with van der Waals surface area (Å²) < 4.78 is 1.28. The van der Waals surface area contributed by atoms with Gasteiger partial charge in [0.15, 0.2) is 0 Å². The summed E-state index contributed by atoms with van der Waals surface area (Å²) in [5, 5.41) is 0. The SMILES string of the molecule is C[C@@H]1[C@@H](C)c2c(Br)cccc2C1(C)C. The normalized spacial score (nSPS) is 28.9. The number of hydrogen-bond acceptors (Lipinski definition) is 0. The molecule has 0 saturated carbocycles. The molecule has 0 spiro atoms. The summed E-state index contributed by atoms with van der Waals surface area (Å²) in [7, 11) is 0. The van der Waals surface area contributed by atoms with Gasteiger partial charge in [-0.3, -0.25) is 0 Å². The molecule has 0 radical (unpaired) electrons. The van der Waals surface area contributed by atoms with E-state index in [1.54, 1.807) is 0 Å². The first-order chi connectivity index (χ1) is 6.46. The van der Waals surface area contributed by atoms with Gasteiger partial charge in [0.25, 0.3) is 0 Å². The molecule has 0 amide bonds. The van der Waals surface area contributed by atoms with E-state index in [4.69, 9.17) is 0 Å². The van der Waals surface area contributed by atoms with Crippen molar-refractivity contribution in [3.05, 3.63) is 33.8 Å². The summed E-state index contributed by atoms with van der Waals surface area (Å²) >= 11 is 3.67. The first kappa shape index (κ1) is 10.2. The van der Waals surface area contributed by atoms with E-state index in [1.165, 1.54) is 15.6 Å². The van der Waals surface area contributed by atoms with Crippen molar-refractivity contribution in [1.82, 2.24) is 0 Å². The van der Waals surface area contributed by atoms with Gasteiger partial charge in [-0.25, -0.2) is 0 Å². The van der Waals surface area contributed by atoms with Crippen molar-refractivity contribution in [2.75, 3.05) is 0 Å². The fourth-order valence-electron chi connectivity index (χ4n) is 2.68. The molecule has 0 nitrogen and oxygen atoms in total. The van der Waals surface area contributed by atoms with Crippen LogP contribution < -0.4 is 0 Å². The van der Waals surface area contributed by atoms with Crippen LogP contribution in [0.2, 0.25) is 0 Å². The Morgan fingerprint density at radius 1 is 1.21 bits per heavy atom. The van der Waals surface area contributed by atoms with Gasteiger partial charge < -0.3 is 0 Å². The Kier molecular flexibility index (Phi) is 2.26. The Hall–Kier alpha value is -0.300. The predicted molar refractivity (Wildman–Crippen MR) is 64.7 cm³/mol. The maximum atomic E-state index is 3.67. The predicted octanol–water partition coefficient (Wildman–Crippen LogP) is 4.48. The zero-order valence-electron chi connectivity index (χ0n) is 9.26. The molecule has 1 aromatic rings. The van der Waals surface area contributed by atoms with Crippen molar-refractivity contribution in [3.8, 4) is 0 Å². The monoisotopic (exact) mass is 252 g/mol. The van der Waals surface area contributed by atoms with E-state index in [2.05, 4.69) is 61.8 Å². The molecule has 14 heavy (non-hydrogen) atoms. The standard InChI is InChI=1S/C13H17Br/c1-8-9(2)13(3,4)10-6-5-7-11(14)12(8)10/h5-9H,1-4H3/t8-,9-/m1/s1. The summed E-state index contributed by atoms with van der Waals surface area (Å²) in [5.41, 5.74) is 3.36. The van der Waals surface area contributed by atoms with E-state index in [0.29, 0.717) is 11.3 Å². The molecule has 0 heterocycles. The van der Waals surface area contributed by atoms with Crippen molar-refractivity contribution in [2.24, 2.45) is 5.92 Å². The third-order valence-corrected chi connectivity index (χ3v) is 4.78. The van der Waals surface area contributed by atoms with Gasteiger partial charge in [-0.15, -0.1) is 0 Å². The van der Waals surface area contributed by atoms with Crippen LogP contribution >= 0.6 is 15.9 Å². The second-order valence-electron chi connectivity index (χ2n) is 5.00. The van der Waals surface area contributed by atoms with Crippen molar-refractivity contribution < 1.29 is 0 Å². The van der Waals surface area contributed by atoms with Crippen LogP contribution in [-0.2, 0) is 5.41 Å². The molecule has 0 saturated heterocycles. The summed E-state index contributed by atoms with van der Waals surface area (Å²) in [6.45, 7) is 9.40. The Morgan fingerprint density at radius 3 is 2.43 bits per heavy atom. The van der Waals surface area contributed by atoms with Crippen LogP contribution in [0, 0.1) is 5.92 Å². The van der Waals surface area contributed by atoms with Crippen LogP contribution in [-0.4, -0.2) is 0 Å². The van der Waals surface area contributed by atoms with E-state index >= 15 is 0 Å². The van der Waals surface area contributed by atoms with Gasteiger partial charge in [-0.05, 0) is 34.4 Å². The van der Waals surface area contributed by atoms with Gasteiger partial charge in [-0.2, -0.15) is 0 Å². The molecule has 1 aromatic carbocycles. The van der Waals surface area contributed by atoms with Gasteiger partial charge >= 0.3 is 0 Å². The topological polar surface area (TPSA) is 0 Å². The van der Waals surface area contributed by atoms with Crippen LogP contribution in [0.1, 0.15) is 44.7 Å². The highest BCUT2D eigenvalue weighted by molar-refractivity contribution is 9.10. The zero-order chi connectivity index (χ0) is 10.5. The first-order valence-corrected chi connectivity index (χ1v) is 6.04.